The molecule has 1 N–H and O–H groups in total. The average Bonchev–Trinajstić information content (AvgIpc) is 3.31. The van der Waals surface area contributed by atoms with Crippen LogP contribution in [-0.4, -0.2) is 25.3 Å². The topological polar surface area (TPSA) is 72.2 Å². The van der Waals surface area contributed by atoms with E-state index in [-0.39, 0.29) is 5.56 Å². The maximum Gasteiger partial charge on any atom is 0.288 e. The van der Waals surface area contributed by atoms with E-state index in [0.717, 1.165) is 10.0 Å². The SMILES string of the molecule is O=c1cc(CSc2nnc(Nc3ccc(SC(F)F)cc3)s2)nc2sccn12. The summed E-state index contributed by atoms with van der Waals surface area (Å²) in [6.07, 6.45) is 1.70. The molecule has 0 radical (unpaired) electrons. The van der Waals surface area contributed by atoms with Crippen molar-refractivity contribution < 1.29 is 8.78 Å². The lowest BCUT2D eigenvalue weighted by Crippen LogP contribution is -2.12. The average molecular weight is 456 g/mol. The zero-order valence-corrected chi connectivity index (χ0v) is 17.2. The Bertz CT molecular complexity index is 1140. The van der Waals surface area contributed by atoms with Crippen LogP contribution in [0.2, 0.25) is 0 Å². The summed E-state index contributed by atoms with van der Waals surface area (Å²) in [6.45, 7) is 0. The third-order valence-corrected chi connectivity index (χ3v) is 6.92. The molecule has 0 atom stereocenters. The molecule has 6 nitrogen and oxygen atoms in total. The highest BCUT2D eigenvalue weighted by molar-refractivity contribution is 8.00. The van der Waals surface area contributed by atoms with Gasteiger partial charge in [0, 0.05) is 34.0 Å². The molecule has 0 amide bonds. The summed E-state index contributed by atoms with van der Waals surface area (Å²) in [5.41, 5.74) is 1.33. The molecule has 0 aliphatic rings. The Balaban J connectivity index is 1.38. The molecule has 4 aromatic rings. The summed E-state index contributed by atoms with van der Waals surface area (Å²) in [5, 5.41) is 13.7. The van der Waals surface area contributed by atoms with Crippen LogP contribution in [0.1, 0.15) is 5.69 Å². The second kappa shape index (κ2) is 8.55. The van der Waals surface area contributed by atoms with E-state index in [0.29, 0.717) is 38.2 Å². The normalized spacial score (nSPS) is 11.4. The molecule has 144 valence electrons. The quantitative estimate of drug-likeness (QED) is 0.395. The molecule has 0 bridgehead atoms. The number of nitrogens with one attached hydrogen (secondary N) is 1. The van der Waals surface area contributed by atoms with Crippen molar-refractivity contribution in [2.45, 2.75) is 20.7 Å². The van der Waals surface area contributed by atoms with Crippen molar-refractivity contribution in [1.82, 2.24) is 19.6 Å². The van der Waals surface area contributed by atoms with Crippen LogP contribution in [0.5, 0.6) is 0 Å². The molecule has 3 heterocycles. The molecule has 0 aliphatic heterocycles. The third kappa shape index (κ3) is 4.69. The van der Waals surface area contributed by atoms with Crippen molar-refractivity contribution in [3.63, 3.8) is 0 Å². The van der Waals surface area contributed by atoms with Gasteiger partial charge in [-0.05, 0) is 24.3 Å². The first-order valence-corrected chi connectivity index (χ1v) is 11.4. The molecule has 0 aliphatic carbocycles. The van der Waals surface area contributed by atoms with E-state index in [4.69, 9.17) is 0 Å². The predicted molar refractivity (Wildman–Crippen MR) is 110 cm³/mol. The highest BCUT2D eigenvalue weighted by Crippen LogP contribution is 2.31. The highest BCUT2D eigenvalue weighted by atomic mass is 32.2. The van der Waals surface area contributed by atoms with Gasteiger partial charge < -0.3 is 5.32 Å². The molecule has 0 unspecified atom stereocenters. The Labute approximate surface area is 174 Å². The summed E-state index contributed by atoms with van der Waals surface area (Å²) in [5.74, 6) is -1.93. The smallest absolute Gasteiger partial charge is 0.288 e. The van der Waals surface area contributed by atoms with Crippen molar-refractivity contribution in [2.24, 2.45) is 0 Å². The Kier molecular flexibility index (Phi) is 5.90. The van der Waals surface area contributed by atoms with Crippen LogP contribution < -0.4 is 10.9 Å². The van der Waals surface area contributed by atoms with Crippen molar-refractivity contribution >= 4 is 62.0 Å². The van der Waals surface area contributed by atoms with Gasteiger partial charge in [0.1, 0.15) is 0 Å². The first kappa shape index (κ1) is 19.3. The van der Waals surface area contributed by atoms with Crippen LogP contribution in [0.4, 0.5) is 19.6 Å². The van der Waals surface area contributed by atoms with E-state index in [9.17, 15) is 13.6 Å². The lowest BCUT2D eigenvalue weighted by atomic mass is 10.3. The third-order valence-electron chi connectivity index (χ3n) is 3.44. The van der Waals surface area contributed by atoms with E-state index >= 15 is 0 Å². The lowest BCUT2D eigenvalue weighted by molar-refractivity contribution is 0.252. The van der Waals surface area contributed by atoms with Crippen LogP contribution >= 0.6 is 46.2 Å². The van der Waals surface area contributed by atoms with E-state index < -0.39 is 5.76 Å². The van der Waals surface area contributed by atoms with E-state index in [1.807, 2.05) is 5.38 Å². The Morgan fingerprint density at radius 2 is 2.04 bits per heavy atom. The van der Waals surface area contributed by atoms with Crippen LogP contribution in [0.25, 0.3) is 4.96 Å². The molecule has 4 rings (SSSR count). The number of alkyl halides is 2. The lowest BCUT2D eigenvalue weighted by Gasteiger charge is -2.03. The van der Waals surface area contributed by atoms with Gasteiger partial charge in [-0.2, -0.15) is 8.78 Å². The molecular weight excluding hydrogens is 444 g/mol. The number of anilines is 2. The largest absolute Gasteiger partial charge is 0.330 e. The number of thiazole rings is 1. The first-order valence-electron chi connectivity index (χ1n) is 7.81. The maximum atomic E-state index is 12.4. The molecular formula is C16H11F2N5OS4. The fraction of sp³-hybridized carbons (Fsp3) is 0.125. The molecule has 1 aromatic carbocycles. The van der Waals surface area contributed by atoms with Gasteiger partial charge in [0.05, 0.1) is 5.69 Å². The number of fused-ring (bicyclic) bond motifs is 1. The Morgan fingerprint density at radius 1 is 1.21 bits per heavy atom. The Hall–Kier alpha value is -2.02. The minimum Gasteiger partial charge on any atom is -0.330 e. The number of hydrogen-bond donors (Lipinski definition) is 1. The van der Waals surface area contributed by atoms with Gasteiger partial charge in [0.15, 0.2) is 9.30 Å². The number of aromatic nitrogens is 4. The van der Waals surface area contributed by atoms with Crippen LogP contribution in [-0.2, 0) is 5.75 Å². The molecule has 0 spiro atoms. The van der Waals surface area contributed by atoms with E-state index in [2.05, 4.69) is 20.5 Å². The van der Waals surface area contributed by atoms with Gasteiger partial charge in [0.25, 0.3) is 11.3 Å². The van der Waals surface area contributed by atoms with Crippen molar-refractivity contribution in [2.75, 3.05) is 5.32 Å². The van der Waals surface area contributed by atoms with Gasteiger partial charge in [-0.1, -0.05) is 34.9 Å². The number of nitrogens with zero attached hydrogens (tertiary/aromatic N) is 4. The fourth-order valence-corrected chi connectivity index (χ4v) is 5.16. The minimum atomic E-state index is -2.44. The molecule has 0 saturated heterocycles. The van der Waals surface area contributed by atoms with E-state index in [1.54, 1.807) is 30.5 Å². The van der Waals surface area contributed by atoms with Crippen LogP contribution in [0, 0.1) is 0 Å². The predicted octanol–water partition coefficient (Wildman–Crippen LogP) is 4.96. The fourth-order valence-electron chi connectivity index (χ4n) is 2.26. The van der Waals surface area contributed by atoms with Gasteiger partial charge in [0.2, 0.25) is 5.13 Å². The first-order chi connectivity index (χ1) is 13.6. The molecule has 0 fully saturated rings. The monoisotopic (exact) mass is 455 g/mol. The number of rotatable bonds is 7. The van der Waals surface area contributed by atoms with Crippen molar-refractivity contribution in [1.29, 1.82) is 0 Å². The zero-order valence-electron chi connectivity index (χ0n) is 13.9. The van der Waals surface area contributed by atoms with Gasteiger partial charge in [-0.3, -0.25) is 9.20 Å². The summed E-state index contributed by atoms with van der Waals surface area (Å²) < 4.78 is 27.0. The second-order valence-corrected chi connectivity index (χ2v) is 9.47. The second-order valence-electron chi connectivity index (χ2n) is 5.33. The minimum absolute atomic E-state index is 0.102. The van der Waals surface area contributed by atoms with E-state index in [1.165, 1.54) is 44.9 Å². The number of benzene rings is 1. The molecule has 3 aromatic heterocycles. The van der Waals surface area contributed by atoms with Crippen molar-refractivity contribution in [3.8, 4) is 0 Å². The number of thioether (sulfide) groups is 2. The molecule has 12 heteroatoms. The summed E-state index contributed by atoms with van der Waals surface area (Å²) in [6, 6.07) is 8.20. The summed E-state index contributed by atoms with van der Waals surface area (Å²) in [7, 11) is 0. The maximum absolute atomic E-state index is 12.4. The molecule has 0 saturated carbocycles. The van der Waals surface area contributed by atoms with Gasteiger partial charge in [-0.15, -0.1) is 21.5 Å². The number of halogens is 2. The van der Waals surface area contributed by atoms with Gasteiger partial charge >= 0.3 is 0 Å². The number of hydrogen-bond acceptors (Lipinski definition) is 9. The summed E-state index contributed by atoms with van der Waals surface area (Å²) >= 11 is 4.73. The van der Waals surface area contributed by atoms with Crippen molar-refractivity contribution in [3.05, 3.63) is 58.0 Å². The van der Waals surface area contributed by atoms with Crippen LogP contribution in [0.3, 0.4) is 0 Å². The summed E-state index contributed by atoms with van der Waals surface area (Å²) in [4.78, 5) is 17.6. The van der Waals surface area contributed by atoms with Crippen LogP contribution in [0.15, 0.2) is 55.9 Å². The standard InChI is InChI=1S/C16H11F2N5OS4/c17-13(18)27-11-3-1-9(2-4-11)19-14-21-22-16(28-14)26-8-10-7-12(24)23-5-6-25-15(23)20-10/h1-7,13H,8H2,(H,19,21). The highest BCUT2D eigenvalue weighted by Gasteiger charge is 2.09. The Morgan fingerprint density at radius 3 is 2.82 bits per heavy atom. The molecule has 28 heavy (non-hydrogen) atoms. The van der Waals surface area contributed by atoms with Gasteiger partial charge in [-0.25, -0.2) is 4.98 Å². The zero-order chi connectivity index (χ0) is 19.5.